The molecule has 28 heavy (non-hydrogen) atoms. The molecule has 6 nitrogen and oxygen atoms in total. The van der Waals surface area contributed by atoms with E-state index >= 15 is 0 Å². The Morgan fingerprint density at radius 2 is 1.89 bits per heavy atom. The molecule has 1 N–H and O–H groups in total. The van der Waals surface area contributed by atoms with Gasteiger partial charge in [0.2, 0.25) is 5.91 Å². The van der Waals surface area contributed by atoms with Crippen molar-refractivity contribution in [1.29, 1.82) is 0 Å². The number of nitrogens with one attached hydrogen (secondary N) is 1. The van der Waals surface area contributed by atoms with Crippen LogP contribution in [0.2, 0.25) is 0 Å². The summed E-state index contributed by atoms with van der Waals surface area (Å²) >= 11 is 0. The summed E-state index contributed by atoms with van der Waals surface area (Å²) in [5.41, 5.74) is 2.85. The number of oxazole rings is 1. The molecule has 0 saturated carbocycles. The average molecular weight is 401 g/mol. The number of anilines is 1. The number of rotatable bonds is 8. The van der Waals surface area contributed by atoms with Crippen molar-refractivity contribution in [3.05, 3.63) is 60.0 Å². The van der Waals surface area contributed by atoms with Gasteiger partial charge in [-0.25, -0.2) is 13.4 Å². The van der Waals surface area contributed by atoms with Gasteiger partial charge in [0.05, 0.1) is 5.75 Å². The first-order valence-corrected chi connectivity index (χ1v) is 11.1. The molecule has 0 fully saturated rings. The normalized spacial score (nSPS) is 11.8. The van der Waals surface area contributed by atoms with Gasteiger partial charge in [-0.1, -0.05) is 44.2 Å². The van der Waals surface area contributed by atoms with Crippen LogP contribution in [0, 0.1) is 0 Å². The number of hydrogen-bond donors (Lipinski definition) is 1. The lowest BCUT2D eigenvalue weighted by Gasteiger charge is -2.06. The summed E-state index contributed by atoms with van der Waals surface area (Å²) in [5.74, 6) is -0.316. The maximum atomic E-state index is 12.2. The van der Waals surface area contributed by atoms with Crippen molar-refractivity contribution in [3.63, 3.8) is 0 Å². The fourth-order valence-electron chi connectivity index (χ4n) is 2.88. The standard InChI is InChI=1S/C21H24N2O4S/c1-15(2)21-23-18-13-17(10-11-19(18)27-21)22-20(24)14-28(25,26)12-6-9-16-7-4-3-5-8-16/h3-5,7-8,10-11,13,15H,6,9,12,14H2,1-2H3,(H,22,24). The molecule has 148 valence electrons. The van der Waals surface area contributed by atoms with Crippen molar-refractivity contribution in [1.82, 2.24) is 4.98 Å². The molecular formula is C21H24N2O4S. The Balaban J connectivity index is 1.55. The second-order valence-electron chi connectivity index (χ2n) is 7.12. The fraction of sp³-hybridized carbons (Fsp3) is 0.333. The molecule has 0 saturated heterocycles. The van der Waals surface area contributed by atoms with Gasteiger partial charge >= 0.3 is 0 Å². The van der Waals surface area contributed by atoms with Crippen molar-refractivity contribution in [2.45, 2.75) is 32.6 Å². The number of amides is 1. The molecule has 0 aliphatic heterocycles. The molecular weight excluding hydrogens is 376 g/mol. The van der Waals surface area contributed by atoms with Crippen LogP contribution < -0.4 is 5.32 Å². The van der Waals surface area contributed by atoms with Gasteiger partial charge in [-0.3, -0.25) is 4.79 Å². The Hall–Kier alpha value is -2.67. The number of benzene rings is 2. The molecule has 0 unspecified atom stereocenters. The number of aromatic nitrogens is 1. The number of fused-ring (bicyclic) bond motifs is 1. The van der Waals surface area contributed by atoms with Gasteiger partial charge in [-0.2, -0.15) is 0 Å². The summed E-state index contributed by atoms with van der Waals surface area (Å²) in [4.78, 5) is 16.6. The number of aryl methyl sites for hydroxylation is 1. The third kappa shape index (κ3) is 5.42. The Kier molecular flexibility index (Phi) is 6.14. The van der Waals surface area contributed by atoms with Crippen LogP contribution in [0.1, 0.15) is 37.6 Å². The van der Waals surface area contributed by atoms with Crippen LogP contribution in [0.5, 0.6) is 0 Å². The van der Waals surface area contributed by atoms with Gasteiger partial charge in [-0.15, -0.1) is 0 Å². The van der Waals surface area contributed by atoms with Crippen LogP contribution >= 0.6 is 0 Å². The molecule has 3 rings (SSSR count). The topological polar surface area (TPSA) is 89.3 Å². The number of carbonyl (C=O) groups is 1. The van der Waals surface area contributed by atoms with E-state index in [4.69, 9.17) is 4.42 Å². The first-order chi connectivity index (χ1) is 13.3. The lowest BCUT2D eigenvalue weighted by Crippen LogP contribution is -2.24. The minimum absolute atomic E-state index is 0.0185. The van der Waals surface area contributed by atoms with Crippen LogP contribution in [-0.4, -0.2) is 30.8 Å². The van der Waals surface area contributed by atoms with Crippen molar-refractivity contribution >= 4 is 32.5 Å². The number of carbonyl (C=O) groups excluding carboxylic acids is 1. The van der Waals surface area contributed by atoms with Gasteiger partial charge in [0.15, 0.2) is 21.3 Å². The van der Waals surface area contributed by atoms with Gasteiger partial charge in [0, 0.05) is 11.6 Å². The van der Waals surface area contributed by atoms with Crippen molar-refractivity contribution in [3.8, 4) is 0 Å². The third-order valence-electron chi connectivity index (χ3n) is 4.30. The Bertz CT molecular complexity index is 1060. The molecule has 7 heteroatoms. The minimum atomic E-state index is -3.47. The van der Waals surface area contributed by atoms with Gasteiger partial charge < -0.3 is 9.73 Å². The number of hydrogen-bond acceptors (Lipinski definition) is 5. The maximum Gasteiger partial charge on any atom is 0.239 e. The fourth-order valence-corrected chi connectivity index (χ4v) is 4.08. The van der Waals surface area contributed by atoms with Crippen molar-refractivity contribution in [2.75, 3.05) is 16.8 Å². The average Bonchev–Trinajstić information content (AvgIpc) is 3.05. The quantitative estimate of drug-likeness (QED) is 0.619. The molecule has 1 amide bonds. The molecule has 3 aromatic rings. The molecule has 1 aromatic heterocycles. The smallest absolute Gasteiger partial charge is 0.239 e. The second-order valence-corrected chi connectivity index (χ2v) is 9.30. The zero-order valence-electron chi connectivity index (χ0n) is 16.0. The van der Waals surface area contributed by atoms with Crippen LogP contribution in [0.15, 0.2) is 52.9 Å². The van der Waals surface area contributed by atoms with E-state index in [2.05, 4.69) is 10.3 Å². The third-order valence-corrected chi connectivity index (χ3v) is 5.91. The zero-order valence-corrected chi connectivity index (χ0v) is 16.8. The van der Waals surface area contributed by atoms with E-state index < -0.39 is 21.5 Å². The highest BCUT2D eigenvalue weighted by atomic mass is 32.2. The van der Waals surface area contributed by atoms with Crippen LogP contribution in [0.3, 0.4) is 0 Å². The van der Waals surface area contributed by atoms with Gasteiger partial charge in [0.1, 0.15) is 11.3 Å². The Morgan fingerprint density at radius 3 is 2.61 bits per heavy atom. The van der Waals surface area contributed by atoms with E-state index in [-0.39, 0.29) is 11.7 Å². The van der Waals surface area contributed by atoms with E-state index in [0.717, 1.165) is 5.56 Å². The number of sulfone groups is 1. The summed E-state index contributed by atoms with van der Waals surface area (Å²) in [6.45, 7) is 3.96. The highest BCUT2D eigenvalue weighted by Gasteiger charge is 2.17. The highest BCUT2D eigenvalue weighted by Crippen LogP contribution is 2.23. The molecule has 0 aliphatic rings. The van der Waals surface area contributed by atoms with Crippen molar-refractivity contribution in [2.24, 2.45) is 0 Å². The summed E-state index contributed by atoms with van der Waals surface area (Å²) in [5, 5.41) is 2.64. The predicted octanol–water partition coefficient (Wildman–Crippen LogP) is 3.94. The summed E-state index contributed by atoms with van der Waals surface area (Å²) in [6, 6.07) is 14.8. The lowest BCUT2D eigenvalue weighted by atomic mass is 10.1. The largest absolute Gasteiger partial charge is 0.440 e. The number of nitrogens with zero attached hydrogens (tertiary/aromatic N) is 1. The molecule has 0 atom stereocenters. The van der Waals surface area contributed by atoms with Gasteiger partial charge in [0.25, 0.3) is 0 Å². The first-order valence-electron chi connectivity index (χ1n) is 9.27. The van der Waals surface area contributed by atoms with Crippen LogP contribution in [0.25, 0.3) is 11.1 Å². The van der Waals surface area contributed by atoms with E-state index in [1.54, 1.807) is 18.2 Å². The SMILES string of the molecule is CC(C)c1nc2cc(NC(=O)CS(=O)(=O)CCCc3ccccc3)ccc2o1. The summed E-state index contributed by atoms with van der Waals surface area (Å²) < 4.78 is 30.1. The van der Waals surface area contributed by atoms with E-state index in [1.807, 2.05) is 44.2 Å². The molecule has 2 aromatic carbocycles. The van der Waals surface area contributed by atoms with E-state index in [9.17, 15) is 13.2 Å². The molecule has 1 heterocycles. The maximum absolute atomic E-state index is 12.2. The Morgan fingerprint density at radius 1 is 1.14 bits per heavy atom. The second kappa shape index (κ2) is 8.56. The van der Waals surface area contributed by atoms with Crippen LogP contribution in [0.4, 0.5) is 5.69 Å². The predicted molar refractivity (Wildman–Crippen MR) is 110 cm³/mol. The van der Waals surface area contributed by atoms with Crippen LogP contribution in [-0.2, 0) is 21.1 Å². The molecule has 0 aliphatic carbocycles. The summed E-state index contributed by atoms with van der Waals surface area (Å²) in [6.07, 6.45) is 1.16. The van der Waals surface area contributed by atoms with Crippen molar-refractivity contribution < 1.29 is 17.6 Å². The lowest BCUT2D eigenvalue weighted by molar-refractivity contribution is -0.113. The molecule has 0 bridgehead atoms. The minimum Gasteiger partial charge on any atom is -0.440 e. The van der Waals surface area contributed by atoms with Gasteiger partial charge in [-0.05, 0) is 36.6 Å². The molecule has 0 radical (unpaired) electrons. The first kappa shape index (κ1) is 20.1. The van der Waals surface area contributed by atoms with E-state index in [0.29, 0.717) is 35.5 Å². The van der Waals surface area contributed by atoms with E-state index in [1.165, 1.54) is 0 Å². The molecule has 0 spiro atoms. The zero-order chi connectivity index (χ0) is 20.1. The summed E-state index contributed by atoms with van der Waals surface area (Å²) in [7, 11) is -3.47. The monoisotopic (exact) mass is 400 g/mol. The Labute approximate surface area is 164 Å². The highest BCUT2D eigenvalue weighted by molar-refractivity contribution is 7.92.